The van der Waals surface area contributed by atoms with Crippen molar-refractivity contribution in [2.75, 3.05) is 13.1 Å². The van der Waals surface area contributed by atoms with Gasteiger partial charge in [0, 0.05) is 13.1 Å². The molecule has 2 nitrogen and oxygen atoms in total. The summed E-state index contributed by atoms with van der Waals surface area (Å²) < 4.78 is 12.9. The molecular formula is C13H18FNO. The van der Waals surface area contributed by atoms with E-state index >= 15 is 0 Å². The van der Waals surface area contributed by atoms with Gasteiger partial charge in [-0.25, -0.2) is 4.39 Å². The molecule has 1 aromatic carbocycles. The first-order chi connectivity index (χ1) is 7.65. The number of aliphatic hydroxyl groups excluding tert-OH is 1. The topological polar surface area (TPSA) is 23.5 Å². The predicted octanol–water partition coefficient (Wildman–Crippen LogP) is 2.09. The second kappa shape index (κ2) is 4.93. The van der Waals surface area contributed by atoms with Crippen LogP contribution in [0.15, 0.2) is 18.2 Å². The van der Waals surface area contributed by atoms with Crippen molar-refractivity contribution in [3.63, 3.8) is 0 Å². The first-order valence-electron chi connectivity index (χ1n) is 5.80. The maximum absolute atomic E-state index is 12.9. The van der Waals surface area contributed by atoms with Gasteiger partial charge >= 0.3 is 0 Å². The van der Waals surface area contributed by atoms with Crippen LogP contribution in [0.1, 0.15) is 24.0 Å². The van der Waals surface area contributed by atoms with E-state index < -0.39 is 0 Å². The third kappa shape index (κ3) is 2.80. The number of nitrogens with zero attached hydrogens (tertiary/aromatic N) is 1. The molecule has 0 bridgehead atoms. The van der Waals surface area contributed by atoms with E-state index in [4.69, 9.17) is 0 Å². The summed E-state index contributed by atoms with van der Waals surface area (Å²) >= 11 is 0. The molecule has 0 radical (unpaired) electrons. The summed E-state index contributed by atoms with van der Waals surface area (Å²) in [5, 5.41) is 9.57. The fourth-order valence-corrected chi connectivity index (χ4v) is 2.25. The van der Waals surface area contributed by atoms with Crippen LogP contribution in [0.4, 0.5) is 4.39 Å². The normalized spacial score (nSPS) is 22.3. The Hall–Kier alpha value is -0.930. The molecule has 1 N–H and O–H groups in total. The SMILES string of the molecule is Cc1cc(F)ccc1CN1CCC[C@H](O)C1. The lowest BCUT2D eigenvalue weighted by Crippen LogP contribution is -2.37. The van der Waals surface area contributed by atoms with Crippen LogP contribution in [-0.4, -0.2) is 29.2 Å². The number of β-amino-alcohol motifs (C(OH)–C–C–N with tert-alkyl or cyclic N) is 1. The molecule has 88 valence electrons. The zero-order valence-electron chi connectivity index (χ0n) is 9.62. The molecular weight excluding hydrogens is 205 g/mol. The van der Waals surface area contributed by atoms with Crippen LogP contribution < -0.4 is 0 Å². The van der Waals surface area contributed by atoms with Gasteiger partial charge in [-0.3, -0.25) is 4.90 Å². The Bertz CT molecular complexity index is 367. The Morgan fingerprint density at radius 3 is 3.00 bits per heavy atom. The number of rotatable bonds is 2. The van der Waals surface area contributed by atoms with E-state index in [0.717, 1.165) is 43.6 Å². The average Bonchev–Trinajstić information content (AvgIpc) is 2.22. The molecule has 0 spiro atoms. The Balaban J connectivity index is 2.02. The van der Waals surface area contributed by atoms with E-state index in [9.17, 15) is 9.50 Å². The molecule has 0 saturated carbocycles. The van der Waals surface area contributed by atoms with Crippen LogP contribution in [-0.2, 0) is 6.54 Å². The van der Waals surface area contributed by atoms with Gasteiger partial charge in [0.05, 0.1) is 6.10 Å². The Labute approximate surface area is 95.7 Å². The maximum atomic E-state index is 12.9. The van der Waals surface area contributed by atoms with Crippen molar-refractivity contribution in [2.45, 2.75) is 32.4 Å². The quantitative estimate of drug-likeness (QED) is 0.830. The number of aliphatic hydroxyl groups is 1. The highest BCUT2D eigenvalue weighted by atomic mass is 19.1. The summed E-state index contributed by atoms with van der Waals surface area (Å²) in [6.07, 6.45) is 1.75. The molecule has 2 rings (SSSR count). The Morgan fingerprint density at radius 2 is 2.31 bits per heavy atom. The van der Waals surface area contributed by atoms with Crippen LogP contribution in [0.5, 0.6) is 0 Å². The third-order valence-electron chi connectivity index (χ3n) is 3.18. The Kier molecular flexibility index (Phi) is 3.56. The van der Waals surface area contributed by atoms with Crippen molar-refractivity contribution in [3.8, 4) is 0 Å². The van der Waals surface area contributed by atoms with E-state index in [2.05, 4.69) is 4.90 Å². The van der Waals surface area contributed by atoms with Crippen molar-refractivity contribution in [1.29, 1.82) is 0 Å². The van der Waals surface area contributed by atoms with Gasteiger partial charge in [-0.2, -0.15) is 0 Å². The third-order valence-corrected chi connectivity index (χ3v) is 3.18. The van der Waals surface area contributed by atoms with E-state index in [-0.39, 0.29) is 11.9 Å². The molecule has 0 aliphatic carbocycles. The predicted molar refractivity (Wildman–Crippen MR) is 61.7 cm³/mol. The molecule has 3 heteroatoms. The molecule has 0 unspecified atom stereocenters. The number of likely N-dealkylation sites (tertiary alicyclic amines) is 1. The summed E-state index contributed by atoms with van der Waals surface area (Å²) in [6, 6.07) is 4.91. The lowest BCUT2D eigenvalue weighted by atomic mass is 10.0. The molecule has 1 saturated heterocycles. The van der Waals surface area contributed by atoms with E-state index in [1.54, 1.807) is 6.07 Å². The molecule has 1 fully saturated rings. The van der Waals surface area contributed by atoms with Crippen molar-refractivity contribution in [2.24, 2.45) is 0 Å². The van der Waals surface area contributed by atoms with Gasteiger partial charge in [0.2, 0.25) is 0 Å². The molecule has 0 amide bonds. The van der Waals surface area contributed by atoms with E-state index in [0.29, 0.717) is 0 Å². The van der Waals surface area contributed by atoms with Gasteiger partial charge < -0.3 is 5.11 Å². The van der Waals surface area contributed by atoms with Crippen molar-refractivity contribution in [3.05, 3.63) is 35.1 Å². The van der Waals surface area contributed by atoms with E-state index in [1.165, 1.54) is 6.07 Å². The van der Waals surface area contributed by atoms with Crippen molar-refractivity contribution >= 4 is 0 Å². The highest BCUT2D eigenvalue weighted by Crippen LogP contribution is 2.16. The smallest absolute Gasteiger partial charge is 0.123 e. The van der Waals surface area contributed by atoms with Gasteiger partial charge in [0.1, 0.15) is 5.82 Å². The van der Waals surface area contributed by atoms with E-state index in [1.807, 2.05) is 13.0 Å². The second-order valence-corrected chi connectivity index (χ2v) is 4.60. The monoisotopic (exact) mass is 223 g/mol. The summed E-state index contributed by atoms with van der Waals surface area (Å²) in [4.78, 5) is 2.23. The number of hydrogen-bond donors (Lipinski definition) is 1. The summed E-state index contributed by atoms with van der Waals surface area (Å²) in [7, 11) is 0. The number of halogens is 1. The van der Waals surface area contributed by atoms with Gasteiger partial charge in [0.25, 0.3) is 0 Å². The standard InChI is InChI=1S/C13H18FNO/c1-10-7-12(14)5-4-11(10)8-15-6-2-3-13(16)9-15/h4-5,7,13,16H,2-3,6,8-9H2,1H3/t13-/m0/s1. The lowest BCUT2D eigenvalue weighted by Gasteiger charge is -2.30. The first-order valence-corrected chi connectivity index (χ1v) is 5.80. The van der Waals surface area contributed by atoms with Crippen LogP contribution in [0.2, 0.25) is 0 Å². The average molecular weight is 223 g/mol. The Morgan fingerprint density at radius 1 is 1.50 bits per heavy atom. The molecule has 0 aromatic heterocycles. The van der Waals surface area contributed by atoms with Gasteiger partial charge in [-0.15, -0.1) is 0 Å². The van der Waals surface area contributed by atoms with Gasteiger partial charge in [-0.05, 0) is 49.6 Å². The highest BCUT2D eigenvalue weighted by Gasteiger charge is 2.17. The van der Waals surface area contributed by atoms with Crippen molar-refractivity contribution < 1.29 is 9.50 Å². The van der Waals surface area contributed by atoms with Gasteiger partial charge in [0.15, 0.2) is 0 Å². The highest BCUT2D eigenvalue weighted by molar-refractivity contribution is 5.26. The largest absolute Gasteiger partial charge is 0.392 e. The summed E-state index contributed by atoms with van der Waals surface area (Å²) in [6.45, 7) is 4.49. The second-order valence-electron chi connectivity index (χ2n) is 4.60. The number of aryl methyl sites for hydroxylation is 1. The van der Waals surface area contributed by atoms with Crippen molar-refractivity contribution in [1.82, 2.24) is 4.90 Å². The number of piperidine rings is 1. The molecule has 1 aliphatic heterocycles. The molecule has 16 heavy (non-hydrogen) atoms. The molecule has 1 aromatic rings. The molecule has 1 atom stereocenters. The molecule has 1 aliphatic rings. The summed E-state index contributed by atoms with van der Waals surface area (Å²) in [5.41, 5.74) is 2.13. The number of hydrogen-bond acceptors (Lipinski definition) is 2. The fraction of sp³-hybridized carbons (Fsp3) is 0.538. The van der Waals surface area contributed by atoms with Crippen LogP contribution >= 0.6 is 0 Å². The molecule has 1 heterocycles. The first kappa shape index (κ1) is 11.6. The lowest BCUT2D eigenvalue weighted by molar-refractivity contribution is 0.0667. The van der Waals surface area contributed by atoms with Crippen LogP contribution in [0.3, 0.4) is 0 Å². The minimum absolute atomic E-state index is 0.181. The van der Waals surface area contributed by atoms with Crippen LogP contribution in [0.25, 0.3) is 0 Å². The minimum Gasteiger partial charge on any atom is -0.392 e. The fourth-order valence-electron chi connectivity index (χ4n) is 2.25. The van der Waals surface area contributed by atoms with Gasteiger partial charge in [-0.1, -0.05) is 6.07 Å². The summed E-state index contributed by atoms with van der Waals surface area (Å²) in [5.74, 6) is -0.181. The number of benzene rings is 1. The maximum Gasteiger partial charge on any atom is 0.123 e. The van der Waals surface area contributed by atoms with Crippen LogP contribution in [0, 0.1) is 12.7 Å². The minimum atomic E-state index is -0.200. The zero-order chi connectivity index (χ0) is 11.5. The zero-order valence-corrected chi connectivity index (χ0v) is 9.62.